The summed E-state index contributed by atoms with van der Waals surface area (Å²) in [4.78, 5) is 22.1. The Morgan fingerprint density at radius 1 is 0.704 bits per heavy atom. The van der Waals surface area contributed by atoms with Crippen LogP contribution in [0.15, 0.2) is 0 Å². The number of nitrogens with one attached hydrogen (secondary N) is 4. The molecule has 2 rings (SSSR count). The molecule has 0 unspecified atom stereocenters. The van der Waals surface area contributed by atoms with Crippen molar-refractivity contribution in [3.8, 4) is 0 Å². The first kappa shape index (κ1) is 22.0. The van der Waals surface area contributed by atoms with E-state index in [4.69, 9.17) is 24.4 Å². The molecule has 0 radical (unpaired) electrons. The van der Waals surface area contributed by atoms with Gasteiger partial charge in [0.05, 0.1) is 0 Å². The molecule has 2 saturated carbocycles. The molecule has 0 aromatic heterocycles. The highest BCUT2D eigenvalue weighted by Gasteiger charge is 2.27. The number of rotatable bonds is 4. The van der Waals surface area contributed by atoms with Gasteiger partial charge in [0, 0.05) is 25.9 Å². The maximum Gasteiger partial charge on any atom is 0.222 e. The van der Waals surface area contributed by atoms with Crippen LogP contribution in [0.1, 0.15) is 71.6 Å². The molecule has 27 heavy (non-hydrogen) atoms. The van der Waals surface area contributed by atoms with Crippen molar-refractivity contribution in [3.05, 3.63) is 0 Å². The van der Waals surface area contributed by atoms with Crippen LogP contribution in [0.25, 0.3) is 0 Å². The topological polar surface area (TPSA) is 82.3 Å². The Morgan fingerprint density at radius 2 is 1.04 bits per heavy atom. The Bertz CT molecular complexity index is 506. The van der Waals surface area contributed by atoms with E-state index < -0.39 is 0 Å². The van der Waals surface area contributed by atoms with Crippen molar-refractivity contribution in [1.82, 2.24) is 21.3 Å². The molecule has 152 valence electrons. The molecule has 0 aromatic carbocycles. The fourth-order valence-electron chi connectivity index (χ4n) is 4.32. The highest BCUT2D eigenvalue weighted by Crippen LogP contribution is 2.35. The van der Waals surface area contributed by atoms with Crippen LogP contribution in [0, 0.1) is 11.8 Å². The molecule has 0 aromatic rings. The van der Waals surface area contributed by atoms with E-state index in [1.807, 2.05) is 0 Å². The number of carbonyl (C=O) groups is 2. The molecule has 0 heterocycles. The lowest BCUT2D eigenvalue weighted by molar-refractivity contribution is -0.118. The average Bonchev–Trinajstić information content (AvgIpc) is 2.57. The van der Waals surface area contributed by atoms with Gasteiger partial charge >= 0.3 is 0 Å². The minimum Gasteiger partial charge on any atom is -0.360 e. The molecular formula is C19H32N4O2S2. The van der Waals surface area contributed by atoms with E-state index in [2.05, 4.69) is 21.3 Å². The third-order valence-corrected chi connectivity index (χ3v) is 6.05. The fraction of sp³-hybridized carbons (Fsp3) is 0.789. The van der Waals surface area contributed by atoms with Gasteiger partial charge in [-0.2, -0.15) is 0 Å². The molecule has 0 saturated heterocycles. The maximum absolute atomic E-state index is 11.0. The Morgan fingerprint density at radius 3 is 1.33 bits per heavy atom. The van der Waals surface area contributed by atoms with Crippen molar-refractivity contribution in [1.29, 1.82) is 0 Å². The summed E-state index contributed by atoms with van der Waals surface area (Å²) in [7, 11) is 0. The molecule has 8 heteroatoms. The summed E-state index contributed by atoms with van der Waals surface area (Å²) in [5.41, 5.74) is 0. The van der Waals surface area contributed by atoms with E-state index in [0.29, 0.717) is 22.3 Å². The van der Waals surface area contributed by atoms with Gasteiger partial charge in [-0.1, -0.05) is 0 Å². The molecular weight excluding hydrogens is 380 g/mol. The predicted molar refractivity (Wildman–Crippen MR) is 115 cm³/mol. The summed E-state index contributed by atoms with van der Waals surface area (Å²) in [6.07, 6.45) is 10.7. The molecule has 0 atom stereocenters. The molecule has 2 fully saturated rings. The third-order valence-electron chi connectivity index (χ3n) is 5.61. The normalized spacial score (nSPS) is 27.9. The SMILES string of the molecule is CC(=O)NC(=S)NC1CCC(CC2CCC(NC(=S)NC(C)=O)CC2)CC1. The van der Waals surface area contributed by atoms with Crippen LogP contribution < -0.4 is 21.3 Å². The summed E-state index contributed by atoms with van der Waals surface area (Å²) in [5.74, 6) is 1.35. The molecule has 2 amide bonds. The van der Waals surface area contributed by atoms with Crippen molar-refractivity contribution in [2.45, 2.75) is 83.7 Å². The number of amides is 2. The third kappa shape index (κ3) is 8.51. The smallest absolute Gasteiger partial charge is 0.222 e. The summed E-state index contributed by atoms with van der Waals surface area (Å²) < 4.78 is 0. The van der Waals surface area contributed by atoms with Crippen LogP contribution in [0.5, 0.6) is 0 Å². The lowest BCUT2D eigenvalue weighted by Crippen LogP contribution is -2.45. The molecule has 0 bridgehead atoms. The summed E-state index contributed by atoms with van der Waals surface area (Å²) in [6.45, 7) is 2.95. The van der Waals surface area contributed by atoms with Crippen LogP contribution in [-0.4, -0.2) is 34.1 Å². The van der Waals surface area contributed by atoms with Gasteiger partial charge in [-0.3, -0.25) is 9.59 Å². The lowest BCUT2D eigenvalue weighted by atomic mass is 9.76. The second-order valence-corrected chi connectivity index (χ2v) is 8.80. The first-order valence-corrected chi connectivity index (χ1v) is 10.8. The van der Waals surface area contributed by atoms with Crippen molar-refractivity contribution in [2.24, 2.45) is 11.8 Å². The maximum atomic E-state index is 11.0. The van der Waals surface area contributed by atoms with Gasteiger partial charge in [-0.05, 0) is 94.1 Å². The van der Waals surface area contributed by atoms with Gasteiger partial charge in [-0.15, -0.1) is 0 Å². The standard InChI is InChI=1S/C19H32N4O2S2/c1-12(24)20-18(26)22-16-7-3-14(4-8-16)11-15-5-9-17(10-6-15)23-19(27)21-13(2)25/h14-17H,3-11H2,1-2H3,(H2,20,22,24,26)(H2,21,23,25,27). The van der Waals surface area contributed by atoms with Crippen molar-refractivity contribution >= 4 is 46.5 Å². The quantitative estimate of drug-likeness (QED) is 0.531. The number of thiocarbonyl (C=S) groups is 2. The van der Waals surface area contributed by atoms with Gasteiger partial charge in [0.2, 0.25) is 11.8 Å². The van der Waals surface area contributed by atoms with E-state index in [1.54, 1.807) is 0 Å². The number of hydrogen-bond acceptors (Lipinski definition) is 4. The Labute approximate surface area is 173 Å². The minimum absolute atomic E-state index is 0.121. The number of hydrogen-bond donors (Lipinski definition) is 4. The van der Waals surface area contributed by atoms with Crippen LogP contribution in [-0.2, 0) is 9.59 Å². The summed E-state index contributed by atoms with van der Waals surface area (Å²) >= 11 is 10.3. The molecule has 4 N–H and O–H groups in total. The van der Waals surface area contributed by atoms with Gasteiger partial charge in [-0.25, -0.2) is 0 Å². The van der Waals surface area contributed by atoms with Crippen LogP contribution >= 0.6 is 24.4 Å². The molecule has 0 spiro atoms. The highest BCUT2D eigenvalue weighted by atomic mass is 32.1. The first-order valence-electron chi connectivity index (χ1n) is 9.98. The highest BCUT2D eigenvalue weighted by molar-refractivity contribution is 7.80. The first-order chi connectivity index (χ1) is 12.8. The zero-order chi connectivity index (χ0) is 19.8. The van der Waals surface area contributed by atoms with E-state index in [9.17, 15) is 9.59 Å². The Kier molecular flexibility index (Phi) is 8.89. The van der Waals surface area contributed by atoms with Crippen molar-refractivity contribution < 1.29 is 9.59 Å². The summed E-state index contributed by atoms with van der Waals surface area (Å²) in [5, 5.41) is 12.7. The molecule has 2 aliphatic carbocycles. The van der Waals surface area contributed by atoms with Gasteiger partial charge in [0.15, 0.2) is 10.2 Å². The second-order valence-electron chi connectivity index (χ2n) is 7.98. The largest absolute Gasteiger partial charge is 0.360 e. The second kappa shape index (κ2) is 10.9. The lowest BCUT2D eigenvalue weighted by Gasteiger charge is -2.35. The van der Waals surface area contributed by atoms with Crippen molar-refractivity contribution in [2.75, 3.05) is 0 Å². The Hall–Kier alpha value is -1.28. The number of carbonyl (C=O) groups excluding carboxylic acids is 2. The van der Waals surface area contributed by atoms with Gasteiger partial charge in [0.25, 0.3) is 0 Å². The van der Waals surface area contributed by atoms with Crippen LogP contribution in [0.4, 0.5) is 0 Å². The average molecular weight is 413 g/mol. The van der Waals surface area contributed by atoms with Gasteiger partial charge in [0.1, 0.15) is 0 Å². The fourth-order valence-corrected chi connectivity index (χ4v) is 4.94. The van der Waals surface area contributed by atoms with E-state index in [1.165, 1.54) is 46.0 Å². The minimum atomic E-state index is -0.121. The van der Waals surface area contributed by atoms with E-state index in [0.717, 1.165) is 37.5 Å². The van der Waals surface area contributed by atoms with E-state index in [-0.39, 0.29) is 11.8 Å². The van der Waals surface area contributed by atoms with Crippen LogP contribution in [0.3, 0.4) is 0 Å². The summed E-state index contributed by atoms with van der Waals surface area (Å²) in [6, 6.07) is 0.769. The Balaban J connectivity index is 1.61. The van der Waals surface area contributed by atoms with Crippen molar-refractivity contribution in [3.63, 3.8) is 0 Å². The monoisotopic (exact) mass is 412 g/mol. The van der Waals surface area contributed by atoms with Crippen LogP contribution in [0.2, 0.25) is 0 Å². The molecule has 0 aliphatic heterocycles. The van der Waals surface area contributed by atoms with Gasteiger partial charge < -0.3 is 21.3 Å². The predicted octanol–water partition coefficient (Wildman–Crippen LogP) is 2.52. The zero-order valence-electron chi connectivity index (χ0n) is 16.3. The zero-order valence-corrected chi connectivity index (χ0v) is 17.9. The van der Waals surface area contributed by atoms with E-state index >= 15 is 0 Å². The molecule has 6 nitrogen and oxygen atoms in total. The molecule has 2 aliphatic rings.